The third-order valence-corrected chi connectivity index (χ3v) is 2.68. The number of nitriles is 1. The second kappa shape index (κ2) is 6.44. The Morgan fingerprint density at radius 1 is 1.10 bits per heavy atom. The van der Waals surface area contributed by atoms with Gasteiger partial charge in [-0.05, 0) is 24.3 Å². The Balaban J connectivity index is 2.27. The van der Waals surface area contributed by atoms with Crippen LogP contribution in [0.5, 0.6) is 0 Å². The molecule has 0 aromatic heterocycles. The molecule has 0 unspecified atom stereocenters. The first-order valence-corrected chi connectivity index (χ1v) is 6.04. The third kappa shape index (κ3) is 3.51. The van der Waals surface area contributed by atoms with Gasteiger partial charge in [-0.1, -0.05) is 30.3 Å². The van der Waals surface area contributed by atoms with E-state index < -0.39 is 17.5 Å². The molecule has 0 spiro atoms. The zero-order valence-corrected chi connectivity index (χ0v) is 10.8. The van der Waals surface area contributed by atoms with Gasteiger partial charge in [-0.2, -0.15) is 5.26 Å². The largest absolute Gasteiger partial charge is 0.321 e. The number of carbonyl (C=O) groups is 1. The fraction of sp³-hybridized carbons (Fsp3) is 0. The van der Waals surface area contributed by atoms with E-state index in [0.717, 1.165) is 12.1 Å². The van der Waals surface area contributed by atoms with Gasteiger partial charge in [0.15, 0.2) is 11.6 Å². The highest BCUT2D eigenvalue weighted by Crippen LogP contribution is 2.16. The molecule has 2 aromatic carbocycles. The SMILES string of the molecule is N#CC(=Cc1cccc(F)c1F)C(=O)Nc1ccccc1. The number of rotatable bonds is 3. The van der Waals surface area contributed by atoms with Crippen LogP contribution >= 0.6 is 0 Å². The molecule has 2 rings (SSSR count). The number of benzene rings is 2. The van der Waals surface area contributed by atoms with Gasteiger partial charge in [0.2, 0.25) is 0 Å². The van der Waals surface area contributed by atoms with Crippen molar-refractivity contribution in [3.63, 3.8) is 0 Å². The molecule has 0 aliphatic carbocycles. The lowest BCUT2D eigenvalue weighted by Gasteiger charge is -2.04. The van der Waals surface area contributed by atoms with Gasteiger partial charge in [0.1, 0.15) is 11.6 Å². The number of carbonyl (C=O) groups excluding carboxylic acids is 1. The van der Waals surface area contributed by atoms with E-state index in [2.05, 4.69) is 5.32 Å². The van der Waals surface area contributed by atoms with Crippen molar-refractivity contribution in [2.24, 2.45) is 0 Å². The van der Waals surface area contributed by atoms with Gasteiger partial charge in [-0.3, -0.25) is 4.79 Å². The maximum Gasteiger partial charge on any atom is 0.266 e. The lowest BCUT2D eigenvalue weighted by Crippen LogP contribution is -2.13. The summed E-state index contributed by atoms with van der Waals surface area (Å²) in [7, 11) is 0. The zero-order chi connectivity index (χ0) is 15.2. The number of hydrogen-bond acceptors (Lipinski definition) is 2. The van der Waals surface area contributed by atoms with Gasteiger partial charge in [-0.15, -0.1) is 0 Å². The second-order valence-corrected chi connectivity index (χ2v) is 4.13. The van der Waals surface area contributed by atoms with Crippen molar-refractivity contribution in [2.75, 3.05) is 5.32 Å². The first-order chi connectivity index (χ1) is 10.1. The van der Waals surface area contributed by atoms with Crippen LogP contribution in [0.25, 0.3) is 6.08 Å². The molecule has 0 aliphatic rings. The summed E-state index contributed by atoms with van der Waals surface area (Å²) < 4.78 is 26.6. The number of nitrogens with one attached hydrogen (secondary N) is 1. The summed E-state index contributed by atoms with van der Waals surface area (Å²) in [6.45, 7) is 0. The topological polar surface area (TPSA) is 52.9 Å². The van der Waals surface area contributed by atoms with Crippen LogP contribution in [0.3, 0.4) is 0 Å². The van der Waals surface area contributed by atoms with E-state index >= 15 is 0 Å². The molecule has 0 fully saturated rings. The van der Waals surface area contributed by atoms with Crippen molar-refractivity contribution in [3.05, 3.63) is 71.3 Å². The Bertz CT molecular complexity index is 734. The predicted molar refractivity (Wildman–Crippen MR) is 75.0 cm³/mol. The number of amides is 1. The molecule has 0 radical (unpaired) electrons. The van der Waals surface area contributed by atoms with Crippen molar-refractivity contribution in [3.8, 4) is 6.07 Å². The number of anilines is 1. The molecule has 21 heavy (non-hydrogen) atoms. The first kappa shape index (κ1) is 14.4. The first-order valence-electron chi connectivity index (χ1n) is 6.04. The van der Waals surface area contributed by atoms with Gasteiger partial charge in [-0.25, -0.2) is 8.78 Å². The quantitative estimate of drug-likeness (QED) is 0.692. The highest BCUT2D eigenvalue weighted by Gasteiger charge is 2.12. The molecule has 0 aliphatic heterocycles. The van der Waals surface area contributed by atoms with Gasteiger partial charge < -0.3 is 5.32 Å². The summed E-state index contributed by atoms with van der Waals surface area (Å²) in [6.07, 6.45) is 1.01. The van der Waals surface area contributed by atoms with E-state index in [1.807, 2.05) is 0 Å². The van der Waals surface area contributed by atoms with Gasteiger partial charge in [0.25, 0.3) is 5.91 Å². The lowest BCUT2D eigenvalue weighted by molar-refractivity contribution is -0.112. The summed E-state index contributed by atoms with van der Waals surface area (Å²) in [6, 6.07) is 13.7. The van der Waals surface area contributed by atoms with Crippen LogP contribution in [0.4, 0.5) is 14.5 Å². The Hall–Kier alpha value is -3.00. The van der Waals surface area contributed by atoms with Crippen molar-refractivity contribution < 1.29 is 13.6 Å². The number of hydrogen-bond donors (Lipinski definition) is 1. The van der Waals surface area contributed by atoms with Crippen molar-refractivity contribution in [2.45, 2.75) is 0 Å². The fourth-order valence-corrected chi connectivity index (χ4v) is 1.66. The predicted octanol–water partition coefficient (Wildman–Crippen LogP) is 3.51. The monoisotopic (exact) mass is 284 g/mol. The van der Waals surface area contributed by atoms with Gasteiger partial charge >= 0.3 is 0 Å². The van der Waals surface area contributed by atoms with Gasteiger partial charge in [0, 0.05) is 11.3 Å². The Morgan fingerprint density at radius 3 is 2.48 bits per heavy atom. The van der Waals surface area contributed by atoms with E-state index in [0.29, 0.717) is 5.69 Å². The summed E-state index contributed by atoms with van der Waals surface area (Å²) in [5.74, 6) is -2.82. The molecule has 0 bridgehead atoms. The smallest absolute Gasteiger partial charge is 0.266 e. The minimum absolute atomic E-state index is 0.158. The zero-order valence-electron chi connectivity index (χ0n) is 10.8. The Morgan fingerprint density at radius 2 is 1.81 bits per heavy atom. The van der Waals surface area contributed by atoms with Crippen molar-refractivity contribution in [1.29, 1.82) is 5.26 Å². The molecular formula is C16H10F2N2O. The Labute approximate surface area is 120 Å². The average molecular weight is 284 g/mol. The minimum Gasteiger partial charge on any atom is -0.321 e. The van der Waals surface area contributed by atoms with Crippen LogP contribution in [-0.2, 0) is 4.79 Å². The van der Waals surface area contributed by atoms with E-state index in [9.17, 15) is 13.6 Å². The standard InChI is InChI=1S/C16H10F2N2O/c17-14-8-4-5-11(15(14)18)9-12(10-19)16(21)20-13-6-2-1-3-7-13/h1-9H,(H,20,21). The van der Waals surface area contributed by atoms with E-state index in [4.69, 9.17) is 5.26 Å². The molecule has 0 atom stereocenters. The molecule has 104 valence electrons. The molecule has 2 aromatic rings. The van der Waals surface area contributed by atoms with E-state index in [1.165, 1.54) is 12.1 Å². The summed E-state index contributed by atoms with van der Waals surface area (Å²) in [5, 5.41) is 11.5. The van der Waals surface area contributed by atoms with Crippen molar-refractivity contribution >= 4 is 17.7 Å². The highest BCUT2D eigenvalue weighted by atomic mass is 19.2. The lowest BCUT2D eigenvalue weighted by atomic mass is 10.1. The van der Waals surface area contributed by atoms with Crippen LogP contribution in [0.15, 0.2) is 54.1 Å². The fourth-order valence-electron chi connectivity index (χ4n) is 1.66. The number of halogens is 2. The summed E-state index contributed by atoms with van der Waals surface area (Å²) in [5.41, 5.74) is 0.0291. The van der Waals surface area contributed by atoms with E-state index in [-0.39, 0.29) is 11.1 Å². The molecule has 3 nitrogen and oxygen atoms in total. The normalized spacial score (nSPS) is 10.8. The Kier molecular flexibility index (Phi) is 4.42. The molecule has 5 heteroatoms. The van der Waals surface area contributed by atoms with Crippen LogP contribution in [0.2, 0.25) is 0 Å². The van der Waals surface area contributed by atoms with Crippen LogP contribution in [-0.4, -0.2) is 5.91 Å². The molecule has 1 amide bonds. The van der Waals surface area contributed by atoms with Crippen LogP contribution in [0.1, 0.15) is 5.56 Å². The van der Waals surface area contributed by atoms with Crippen molar-refractivity contribution in [1.82, 2.24) is 0 Å². The maximum absolute atomic E-state index is 13.5. The molecule has 0 saturated carbocycles. The highest BCUT2D eigenvalue weighted by molar-refractivity contribution is 6.09. The summed E-state index contributed by atoms with van der Waals surface area (Å²) in [4.78, 5) is 11.9. The molecule has 1 N–H and O–H groups in total. The summed E-state index contributed by atoms with van der Waals surface area (Å²) >= 11 is 0. The average Bonchev–Trinajstić information content (AvgIpc) is 2.49. The van der Waals surface area contributed by atoms with Crippen LogP contribution in [0, 0.1) is 23.0 Å². The maximum atomic E-state index is 13.5. The number of para-hydroxylation sites is 1. The molecule has 0 saturated heterocycles. The van der Waals surface area contributed by atoms with Crippen LogP contribution < -0.4 is 5.32 Å². The minimum atomic E-state index is -1.10. The third-order valence-electron chi connectivity index (χ3n) is 2.68. The number of nitrogens with zero attached hydrogens (tertiary/aromatic N) is 1. The second-order valence-electron chi connectivity index (χ2n) is 4.13. The van der Waals surface area contributed by atoms with E-state index in [1.54, 1.807) is 36.4 Å². The molecule has 0 heterocycles. The van der Waals surface area contributed by atoms with Gasteiger partial charge in [0.05, 0.1) is 0 Å². The molecular weight excluding hydrogens is 274 g/mol.